The number of imide groups is 1. The molecule has 8 heteroatoms. The van der Waals surface area contributed by atoms with Crippen LogP contribution in [0.15, 0.2) is 132 Å². The molecule has 5 aromatic carbocycles. The van der Waals surface area contributed by atoms with E-state index in [1.807, 2.05) is 123 Å². The molecule has 2 fully saturated rings. The maximum atomic E-state index is 16.0. The zero-order valence-corrected chi connectivity index (χ0v) is 28.2. The number of aryl methyl sites for hydroxylation is 2. The largest absolute Gasteiger partial charge is 0.297 e. The molecule has 1 saturated carbocycles. The van der Waals surface area contributed by atoms with E-state index in [2.05, 4.69) is 15.9 Å². The van der Waals surface area contributed by atoms with E-state index in [0.29, 0.717) is 26.7 Å². The van der Waals surface area contributed by atoms with Crippen molar-refractivity contribution in [3.63, 3.8) is 0 Å². The van der Waals surface area contributed by atoms with Gasteiger partial charge in [-0.25, -0.2) is 4.90 Å². The van der Waals surface area contributed by atoms with Crippen LogP contribution >= 0.6 is 15.9 Å². The van der Waals surface area contributed by atoms with Gasteiger partial charge in [0.1, 0.15) is 5.69 Å². The average molecular weight is 710 g/mol. The van der Waals surface area contributed by atoms with E-state index in [4.69, 9.17) is 0 Å². The number of nitrogens with zero attached hydrogens (tertiary/aromatic N) is 2. The summed E-state index contributed by atoms with van der Waals surface area (Å²) in [4.78, 5) is 59.0. The maximum absolute atomic E-state index is 16.0. The second-order valence-corrected chi connectivity index (χ2v) is 13.9. The molecule has 0 aromatic heterocycles. The molecule has 0 spiro atoms. The Kier molecular flexibility index (Phi) is 6.94. The first-order valence-corrected chi connectivity index (χ1v) is 16.8. The molecular weight excluding hydrogens is 680 g/mol. The number of nitro groups is 1. The summed E-state index contributed by atoms with van der Waals surface area (Å²) >= 11 is 3.30. The minimum absolute atomic E-state index is 0.121. The molecule has 0 N–H and O–H groups in total. The monoisotopic (exact) mass is 708 g/mol. The lowest BCUT2D eigenvalue weighted by Crippen LogP contribution is -2.45. The van der Waals surface area contributed by atoms with Crippen molar-refractivity contribution < 1.29 is 19.3 Å². The Morgan fingerprint density at radius 3 is 1.47 bits per heavy atom. The highest BCUT2D eigenvalue weighted by Gasteiger charge is 2.83. The molecule has 4 atom stereocenters. The van der Waals surface area contributed by atoms with E-state index in [0.717, 1.165) is 27.2 Å². The summed E-state index contributed by atoms with van der Waals surface area (Å²) in [6.45, 7) is 3.98. The number of hydrogen-bond acceptors (Lipinski definition) is 5. The molecule has 1 heterocycles. The van der Waals surface area contributed by atoms with Gasteiger partial charge >= 0.3 is 0 Å². The lowest BCUT2D eigenvalue weighted by Gasteiger charge is -2.39. The predicted molar refractivity (Wildman–Crippen MR) is 191 cm³/mol. The molecule has 3 aliphatic rings. The third-order valence-electron chi connectivity index (χ3n) is 10.5. The smallest absolute Gasteiger partial charge is 0.294 e. The van der Waals surface area contributed by atoms with Crippen molar-refractivity contribution in [2.24, 2.45) is 11.8 Å². The highest BCUT2D eigenvalue weighted by Crippen LogP contribution is 2.74. The van der Waals surface area contributed by atoms with Gasteiger partial charge in [-0.3, -0.25) is 24.5 Å². The predicted octanol–water partition coefficient (Wildman–Crippen LogP) is 8.16. The van der Waals surface area contributed by atoms with E-state index < -0.39 is 39.4 Å². The quantitative estimate of drug-likeness (QED) is 0.101. The number of Topliss-reactive ketones (excluding diaryl/α,β-unsaturated/α-hetero) is 1. The van der Waals surface area contributed by atoms with Crippen LogP contribution in [0.3, 0.4) is 0 Å². The second kappa shape index (κ2) is 11.0. The number of benzene rings is 5. The molecule has 5 aromatic rings. The summed E-state index contributed by atoms with van der Waals surface area (Å²) in [5.41, 5.74) is 2.43. The lowest BCUT2D eigenvalue weighted by molar-refractivity contribution is -0.384. The Morgan fingerprint density at radius 2 is 1.06 bits per heavy atom. The molecule has 7 nitrogen and oxygen atoms in total. The Bertz CT molecular complexity index is 2120. The molecule has 2 bridgehead atoms. The minimum Gasteiger partial charge on any atom is -0.297 e. The molecular formula is C41H29BrN2O5. The van der Waals surface area contributed by atoms with Crippen molar-refractivity contribution in [3.05, 3.63) is 175 Å². The van der Waals surface area contributed by atoms with E-state index in [1.54, 1.807) is 6.07 Å². The molecule has 0 radical (unpaired) electrons. The number of carbonyl (C=O) groups excluding carboxylic acids is 3. The zero-order valence-electron chi connectivity index (χ0n) is 26.6. The molecule has 0 unspecified atom stereocenters. The number of hydrogen-bond donors (Lipinski definition) is 0. The third-order valence-corrected chi connectivity index (χ3v) is 11.0. The van der Waals surface area contributed by atoms with Crippen molar-refractivity contribution >= 4 is 56.0 Å². The number of fused-ring (bicyclic) bond motifs is 5. The summed E-state index contributed by atoms with van der Waals surface area (Å²) in [7, 11) is 0. The molecule has 1 aliphatic heterocycles. The average Bonchev–Trinajstić information content (AvgIpc) is 3.62. The summed E-state index contributed by atoms with van der Waals surface area (Å²) in [6.07, 6.45) is 0. The highest BCUT2D eigenvalue weighted by molar-refractivity contribution is 9.10. The summed E-state index contributed by atoms with van der Waals surface area (Å²) in [5, 5.41) is 12.4. The van der Waals surface area contributed by atoms with Crippen molar-refractivity contribution in [1.82, 2.24) is 0 Å². The molecule has 2 aliphatic carbocycles. The van der Waals surface area contributed by atoms with Crippen molar-refractivity contribution in [2.45, 2.75) is 24.7 Å². The minimum atomic E-state index is -1.59. The number of carbonyl (C=O) groups is 3. The number of ketones is 1. The van der Waals surface area contributed by atoms with Gasteiger partial charge < -0.3 is 0 Å². The van der Waals surface area contributed by atoms with Crippen LogP contribution in [0.25, 0.3) is 11.1 Å². The number of halogens is 1. The van der Waals surface area contributed by atoms with Crippen molar-refractivity contribution in [3.8, 4) is 0 Å². The third kappa shape index (κ3) is 4.04. The summed E-state index contributed by atoms with van der Waals surface area (Å²) in [5.74, 6) is -3.87. The highest BCUT2D eigenvalue weighted by atomic mass is 79.9. The van der Waals surface area contributed by atoms with Gasteiger partial charge in [0.15, 0.2) is 5.78 Å². The van der Waals surface area contributed by atoms with Crippen LogP contribution in [0.2, 0.25) is 0 Å². The Hall–Kier alpha value is -5.47. The fourth-order valence-electron chi connectivity index (χ4n) is 8.63. The molecule has 49 heavy (non-hydrogen) atoms. The van der Waals surface area contributed by atoms with Crippen LogP contribution in [0.4, 0.5) is 11.4 Å². The second-order valence-electron chi connectivity index (χ2n) is 13.0. The van der Waals surface area contributed by atoms with E-state index >= 15 is 14.4 Å². The number of rotatable bonds is 6. The lowest BCUT2D eigenvalue weighted by atomic mass is 9.59. The summed E-state index contributed by atoms with van der Waals surface area (Å²) < 4.78 is 0.434. The first kappa shape index (κ1) is 30.8. The molecule has 1 saturated heterocycles. The summed E-state index contributed by atoms with van der Waals surface area (Å²) in [6, 6.07) is 38.6. The number of anilines is 1. The van der Waals surface area contributed by atoms with Crippen LogP contribution in [-0.4, -0.2) is 22.5 Å². The van der Waals surface area contributed by atoms with Crippen molar-refractivity contribution in [2.75, 3.05) is 4.90 Å². The van der Waals surface area contributed by atoms with Crippen LogP contribution in [0.1, 0.15) is 33.4 Å². The van der Waals surface area contributed by atoms with Gasteiger partial charge in [-0.1, -0.05) is 136 Å². The van der Waals surface area contributed by atoms with E-state index in [-0.39, 0.29) is 17.2 Å². The fraction of sp³-hybridized carbons (Fsp3) is 0.146. The maximum Gasteiger partial charge on any atom is 0.294 e. The van der Waals surface area contributed by atoms with Crippen LogP contribution in [0.5, 0.6) is 0 Å². The van der Waals surface area contributed by atoms with Gasteiger partial charge in [0, 0.05) is 10.5 Å². The Balaban J connectivity index is 1.55. The molecule has 240 valence electrons. The van der Waals surface area contributed by atoms with E-state index in [1.165, 1.54) is 12.1 Å². The fourth-order valence-corrected chi connectivity index (χ4v) is 8.98. The van der Waals surface area contributed by atoms with E-state index in [9.17, 15) is 10.1 Å². The molecule has 2 amide bonds. The van der Waals surface area contributed by atoms with Gasteiger partial charge in [-0.15, -0.1) is 0 Å². The Morgan fingerprint density at radius 1 is 0.633 bits per heavy atom. The zero-order chi connectivity index (χ0) is 34.2. The van der Waals surface area contributed by atoms with Crippen LogP contribution < -0.4 is 4.90 Å². The standard InChI is InChI=1S/C41H29BrN2O5/c1-24-13-17-26(18-14-24)33-34(27-19-15-25(2)16-20-27)41(29-11-7-4-8-12-29)36-35(40(33,39(41)47)28-9-5-3-6-10-28)37(45)43(38(36)46)31-22-21-30(42)23-32(31)44(48)49/h3-23,35-36H,1-2H3/t35-,36+,40-,41-/m1/s1. The number of allylic oxidation sites excluding steroid dienone is 2. The molecule has 8 rings (SSSR count). The van der Waals surface area contributed by atoms with Gasteiger partial charge in [0.05, 0.1) is 27.6 Å². The normalized spacial score (nSPS) is 24.1. The number of amides is 2. The number of nitro benzene ring substituents is 1. The first-order chi connectivity index (χ1) is 23.6. The van der Waals surface area contributed by atoms with Crippen LogP contribution in [0, 0.1) is 35.8 Å². The van der Waals surface area contributed by atoms with Crippen LogP contribution in [-0.2, 0) is 25.2 Å². The van der Waals surface area contributed by atoms with Gasteiger partial charge in [-0.05, 0) is 59.4 Å². The van der Waals surface area contributed by atoms with Gasteiger partial charge in [0.25, 0.3) is 5.69 Å². The van der Waals surface area contributed by atoms with Gasteiger partial charge in [-0.2, -0.15) is 0 Å². The SMILES string of the molecule is Cc1ccc(C2=C(c3ccc(C)cc3)[C@@]3(c4ccccc4)C(=O)[C@@]2(c2ccccc2)[C@@H]2C(=O)N(c4ccc(Br)cc4[N+](=O)[O-])C(=O)[C@@H]23)cc1. The first-order valence-electron chi connectivity index (χ1n) is 16.0. The topological polar surface area (TPSA) is 97.6 Å². The van der Waals surface area contributed by atoms with Gasteiger partial charge in [0.2, 0.25) is 11.8 Å². The Labute approximate surface area is 291 Å². The van der Waals surface area contributed by atoms with Crippen molar-refractivity contribution in [1.29, 1.82) is 0 Å².